The van der Waals surface area contributed by atoms with Gasteiger partial charge in [0.2, 0.25) is 5.91 Å². The summed E-state index contributed by atoms with van der Waals surface area (Å²) in [6.07, 6.45) is 1.75. The van der Waals surface area contributed by atoms with E-state index in [1.807, 2.05) is 6.92 Å². The molecule has 0 unspecified atom stereocenters. The molecule has 0 radical (unpaired) electrons. The standard InChI is InChI=1S/C15H18FNO2/c1-3-14(18)12-5-4-8-17(15(12)19)13-9-11(16)7-6-10(13)2/h6-7,9,12H,3-5,8H2,1-2H3/t12-/m0/s1. The number of hydrogen-bond donors (Lipinski definition) is 0. The van der Waals surface area contributed by atoms with Crippen molar-refractivity contribution in [2.75, 3.05) is 11.4 Å². The van der Waals surface area contributed by atoms with Gasteiger partial charge in [-0.15, -0.1) is 0 Å². The molecule has 4 heteroatoms. The first kappa shape index (κ1) is 13.7. The second kappa shape index (κ2) is 5.51. The number of nitrogens with zero attached hydrogens (tertiary/aromatic N) is 1. The molecule has 1 aromatic rings. The van der Waals surface area contributed by atoms with Crippen molar-refractivity contribution in [3.63, 3.8) is 0 Å². The van der Waals surface area contributed by atoms with Crippen molar-refractivity contribution in [1.29, 1.82) is 0 Å². The molecule has 0 aliphatic carbocycles. The highest BCUT2D eigenvalue weighted by Gasteiger charge is 2.34. The molecule has 1 aliphatic heterocycles. The molecule has 0 saturated carbocycles. The minimum Gasteiger partial charge on any atom is -0.311 e. The maximum atomic E-state index is 13.3. The fraction of sp³-hybridized carbons (Fsp3) is 0.467. The maximum Gasteiger partial charge on any atom is 0.237 e. The van der Waals surface area contributed by atoms with Crippen LogP contribution in [-0.2, 0) is 9.59 Å². The fourth-order valence-corrected chi connectivity index (χ4v) is 2.53. The van der Waals surface area contributed by atoms with E-state index in [1.54, 1.807) is 17.9 Å². The van der Waals surface area contributed by atoms with Crippen LogP contribution in [0.3, 0.4) is 0 Å². The quantitative estimate of drug-likeness (QED) is 0.786. The number of ketones is 1. The highest BCUT2D eigenvalue weighted by atomic mass is 19.1. The molecule has 0 bridgehead atoms. The monoisotopic (exact) mass is 263 g/mol. The highest BCUT2D eigenvalue weighted by molar-refractivity contribution is 6.09. The van der Waals surface area contributed by atoms with E-state index in [0.717, 1.165) is 12.0 Å². The van der Waals surface area contributed by atoms with Gasteiger partial charge in [0.05, 0.1) is 5.92 Å². The predicted octanol–water partition coefficient (Wildman–Crippen LogP) is 2.86. The Morgan fingerprint density at radius 2 is 2.21 bits per heavy atom. The Balaban J connectivity index is 2.31. The van der Waals surface area contributed by atoms with E-state index >= 15 is 0 Å². The van der Waals surface area contributed by atoms with Gasteiger partial charge in [-0.25, -0.2) is 4.39 Å². The third-order valence-electron chi connectivity index (χ3n) is 3.64. The lowest BCUT2D eigenvalue weighted by molar-refractivity contribution is -0.133. The number of amides is 1. The van der Waals surface area contributed by atoms with Gasteiger partial charge >= 0.3 is 0 Å². The van der Waals surface area contributed by atoms with E-state index in [1.165, 1.54) is 12.1 Å². The molecule has 0 aromatic heterocycles. The van der Waals surface area contributed by atoms with E-state index < -0.39 is 5.92 Å². The fourth-order valence-electron chi connectivity index (χ4n) is 2.53. The molecule has 1 aliphatic rings. The Bertz CT molecular complexity index is 513. The molecule has 1 heterocycles. The summed E-state index contributed by atoms with van der Waals surface area (Å²) in [7, 11) is 0. The van der Waals surface area contributed by atoms with Gasteiger partial charge in [0.25, 0.3) is 0 Å². The number of piperidine rings is 1. The predicted molar refractivity (Wildman–Crippen MR) is 71.5 cm³/mol. The number of aryl methyl sites for hydroxylation is 1. The average molecular weight is 263 g/mol. The summed E-state index contributed by atoms with van der Waals surface area (Å²) < 4.78 is 13.3. The molecule has 2 rings (SSSR count). The number of carbonyl (C=O) groups is 2. The second-order valence-electron chi connectivity index (χ2n) is 4.94. The van der Waals surface area contributed by atoms with Crippen LogP contribution in [-0.4, -0.2) is 18.2 Å². The molecule has 1 aromatic carbocycles. The maximum absolute atomic E-state index is 13.3. The summed E-state index contributed by atoms with van der Waals surface area (Å²) in [6, 6.07) is 4.40. The van der Waals surface area contributed by atoms with Gasteiger partial charge in [0, 0.05) is 18.7 Å². The lowest BCUT2D eigenvalue weighted by Gasteiger charge is -2.32. The lowest BCUT2D eigenvalue weighted by atomic mass is 9.91. The molecule has 1 fully saturated rings. The number of halogens is 1. The summed E-state index contributed by atoms with van der Waals surface area (Å²) >= 11 is 0. The van der Waals surface area contributed by atoms with Crippen molar-refractivity contribution in [3.05, 3.63) is 29.6 Å². The largest absolute Gasteiger partial charge is 0.311 e. The van der Waals surface area contributed by atoms with E-state index in [-0.39, 0.29) is 17.5 Å². The third-order valence-corrected chi connectivity index (χ3v) is 3.64. The Labute approximate surface area is 112 Å². The van der Waals surface area contributed by atoms with Gasteiger partial charge < -0.3 is 4.90 Å². The van der Waals surface area contributed by atoms with Crippen LogP contribution in [0, 0.1) is 18.7 Å². The molecule has 19 heavy (non-hydrogen) atoms. The summed E-state index contributed by atoms with van der Waals surface area (Å²) in [5.74, 6) is -1.13. The molecular weight excluding hydrogens is 245 g/mol. The molecule has 1 atom stereocenters. The van der Waals surface area contributed by atoms with Crippen molar-refractivity contribution in [2.24, 2.45) is 5.92 Å². The summed E-state index contributed by atoms with van der Waals surface area (Å²) in [5.41, 5.74) is 1.43. The van der Waals surface area contributed by atoms with Crippen LogP contribution in [0.2, 0.25) is 0 Å². The minimum absolute atomic E-state index is 0.0243. The Morgan fingerprint density at radius 3 is 2.89 bits per heavy atom. The molecular formula is C15H18FNO2. The first-order chi connectivity index (χ1) is 9.04. The SMILES string of the molecule is CCC(=O)[C@@H]1CCCN(c2cc(F)ccc2C)C1=O. The van der Waals surface area contributed by atoms with Gasteiger partial charge in [-0.2, -0.15) is 0 Å². The smallest absolute Gasteiger partial charge is 0.237 e. The third kappa shape index (κ3) is 2.67. The van der Waals surface area contributed by atoms with Crippen molar-refractivity contribution in [2.45, 2.75) is 33.1 Å². The van der Waals surface area contributed by atoms with Crippen LogP contribution < -0.4 is 4.90 Å². The first-order valence-electron chi connectivity index (χ1n) is 6.64. The topological polar surface area (TPSA) is 37.4 Å². The van der Waals surface area contributed by atoms with Crippen molar-refractivity contribution < 1.29 is 14.0 Å². The Morgan fingerprint density at radius 1 is 1.47 bits per heavy atom. The van der Waals surface area contributed by atoms with Crippen LogP contribution in [0.5, 0.6) is 0 Å². The molecule has 102 valence electrons. The number of benzene rings is 1. The molecule has 3 nitrogen and oxygen atoms in total. The number of carbonyl (C=O) groups excluding carboxylic acids is 2. The zero-order chi connectivity index (χ0) is 14.0. The van der Waals surface area contributed by atoms with E-state index in [0.29, 0.717) is 25.1 Å². The Kier molecular flexibility index (Phi) is 3.98. The molecule has 0 spiro atoms. The van der Waals surface area contributed by atoms with Crippen molar-refractivity contribution >= 4 is 17.4 Å². The normalized spacial score (nSPS) is 19.6. The van der Waals surface area contributed by atoms with Gasteiger partial charge in [-0.3, -0.25) is 9.59 Å². The van der Waals surface area contributed by atoms with E-state index in [2.05, 4.69) is 0 Å². The zero-order valence-corrected chi connectivity index (χ0v) is 11.3. The van der Waals surface area contributed by atoms with Crippen LogP contribution in [0.1, 0.15) is 31.7 Å². The van der Waals surface area contributed by atoms with E-state index in [9.17, 15) is 14.0 Å². The highest BCUT2D eigenvalue weighted by Crippen LogP contribution is 2.28. The summed E-state index contributed by atoms with van der Waals surface area (Å²) in [5, 5.41) is 0. The van der Waals surface area contributed by atoms with Crippen molar-refractivity contribution in [3.8, 4) is 0 Å². The van der Waals surface area contributed by atoms with Crippen LogP contribution in [0.25, 0.3) is 0 Å². The summed E-state index contributed by atoms with van der Waals surface area (Å²) in [6.45, 7) is 4.16. The molecule has 0 N–H and O–H groups in total. The van der Waals surface area contributed by atoms with Crippen LogP contribution in [0.15, 0.2) is 18.2 Å². The first-order valence-corrected chi connectivity index (χ1v) is 6.64. The van der Waals surface area contributed by atoms with Gasteiger partial charge in [-0.05, 0) is 37.5 Å². The second-order valence-corrected chi connectivity index (χ2v) is 4.94. The van der Waals surface area contributed by atoms with Gasteiger partial charge in [0.15, 0.2) is 0 Å². The minimum atomic E-state index is -0.554. The molecule has 1 amide bonds. The average Bonchev–Trinajstić information content (AvgIpc) is 2.41. The number of anilines is 1. The number of hydrogen-bond acceptors (Lipinski definition) is 2. The van der Waals surface area contributed by atoms with Crippen LogP contribution in [0.4, 0.5) is 10.1 Å². The Hall–Kier alpha value is -1.71. The number of rotatable bonds is 3. The van der Waals surface area contributed by atoms with E-state index in [4.69, 9.17) is 0 Å². The molecule has 1 saturated heterocycles. The zero-order valence-electron chi connectivity index (χ0n) is 11.3. The lowest BCUT2D eigenvalue weighted by Crippen LogP contribution is -2.44. The van der Waals surface area contributed by atoms with Crippen molar-refractivity contribution in [1.82, 2.24) is 0 Å². The van der Waals surface area contributed by atoms with Gasteiger partial charge in [0.1, 0.15) is 11.6 Å². The van der Waals surface area contributed by atoms with Gasteiger partial charge in [-0.1, -0.05) is 13.0 Å². The summed E-state index contributed by atoms with van der Waals surface area (Å²) in [4.78, 5) is 25.7. The number of Topliss-reactive ketones (excluding diaryl/α,β-unsaturated/α-hetero) is 1. The van der Waals surface area contributed by atoms with Crippen LogP contribution >= 0.6 is 0 Å².